The van der Waals surface area contributed by atoms with Gasteiger partial charge in [-0.3, -0.25) is 0 Å². The van der Waals surface area contributed by atoms with Crippen LogP contribution in [0.4, 0.5) is 0 Å². The molecule has 0 saturated heterocycles. The van der Waals surface area contributed by atoms with Crippen LogP contribution in [0.2, 0.25) is 5.02 Å². The number of carboxylic acids is 1. The summed E-state index contributed by atoms with van der Waals surface area (Å²) >= 11 is 5.74. The number of carboxylic acid groups (broad SMARTS) is 1. The molecular weight excluding hydrogens is 288 g/mol. The number of halogens is 1. The van der Waals surface area contributed by atoms with Crippen molar-refractivity contribution < 1.29 is 24.1 Å². The van der Waals surface area contributed by atoms with E-state index >= 15 is 0 Å². The van der Waals surface area contributed by atoms with Crippen LogP contribution in [-0.2, 0) is 6.73 Å². The van der Waals surface area contributed by atoms with Gasteiger partial charge in [-0.05, 0) is 12.1 Å². The number of hydrogen-bond donors (Lipinski definition) is 1. The van der Waals surface area contributed by atoms with Crippen LogP contribution in [0.1, 0.15) is 10.5 Å². The van der Waals surface area contributed by atoms with Crippen molar-refractivity contribution in [2.75, 3.05) is 6.79 Å². The highest BCUT2D eigenvalue weighted by Crippen LogP contribution is 2.35. The quantitative estimate of drug-likeness (QED) is 0.929. The summed E-state index contributed by atoms with van der Waals surface area (Å²) in [4.78, 5) is 10.8. The van der Waals surface area contributed by atoms with Gasteiger partial charge in [0.05, 0.1) is 5.02 Å². The lowest BCUT2D eigenvalue weighted by atomic mass is 10.3. The van der Waals surface area contributed by atoms with Crippen molar-refractivity contribution >= 4 is 17.6 Å². The number of rotatable bonds is 4. The number of hydrogen-bond acceptors (Lipinski definition) is 5. The first-order valence-corrected chi connectivity index (χ1v) is 6.00. The molecule has 7 nitrogen and oxygen atoms in total. The second-order valence-electron chi connectivity index (χ2n) is 3.96. The van der Waals surface area contributed by atoms with Gasteiger partial charge in [0.15, 0.2) is 23.9 Å². The first kappa shape index (κ1) is 12.6. The number of fused-ring (bicyclic) bond motifs is 1. The fraction of sp³-hybridized carbons (Fsp3) is 0.167. The first-order chi connectivity index (χ1) is 9.63. The van der Waals surface area contributed by atoms with Crippen LogP contribution in [-0.4, -0.2) is 27.6 Å². The van der Waals surface area contributed by atoms with Crippen molar-refractivity contribution in [3.63, 3.8) is 0 Å². The number of aromatic nitrogens is 2. The third-order valence-electron chi connectivity index (χ3n) is 2.63. The lowest BCUT2D eigenvalue weighted by Crippen LogP contribution is -2.07. The normalized spacial score (nSPS) is 12.4. The van der Waals surface area contributed by atoms with Gasteiger partial charge in [0.2, 0.25) is 6.79 Å². The molecule has 0 atom stereocenters. The number of ether oxygens (including phenoxy) is 3. The Morgan fingerprint density at radius 3 is 3.00 bits per heavy atom. The van der Waals surface area contributed by atoms with E-state index in [4.69, 9.17) is 30.9 Å². The highest BCUT2D eigenvalue weighted by molar-refractivity contribution is 6.33. The summed E-state index contributed by atoms with van der Waals surface area (Å²) in [6.45, 7) is 0.224. The number of nitrogens with zero attached hydrogens (tertiary/aromatic N) is 2. The Morgan fingerprint density at radius 1 is 1.45 bits per heavy atom. The maximum Gasteiger partial charge on any atom is 0.357 e. The molecule has 104 valence electrons. The van der Waals surface area contributed by atoms with Gasteiger partial charge in [-0.2, -0.15) is 5.10 Å². The molecule has 0 aliphatic carbocycles. The summed E-state index contributed by atoms with van der Waals surface area (Å²) in [6.07, 6.45) is 1.39. The Kier molecular flexibility index (Phi) is 3.11. The average Bonchev–Trinajstić information content (AvgIpc) is 3.01. The van der Waals surface area contributed by atoms with Gasteiger partial charge in [0.1, 0.15) is 5.75 Å². The van der Waals surface area contributed by atoms with Gasteiger partial charge in [0.25, 0.3) is 0 Å². The minimum absolute atomic E-state index is 0.0344. The van der Waals surface area contributed by atoms with Gasteiger partial charge in [-0.25, -0.2) is 9.48 Å². The van der Waals surface area contributed by atoms with E-state index < -0.39 is 5.97 Å². The molecule has 0 amide bonds. The minimum atomic E-state index is -1.18. The summed E-state index contributed by atoms with van der Waals surface area (Å²) in [6, 6.07) is 5.14. The molecule has 0 bridgehead atoms. The second kappa shape index (κ2) is 4.93. The van der Waals surface area contributed by atoms with Crippen molar-refractivity contribution in [3.05, 3.63) is 35.1 Å². The van der Waals surface area contributed by atoms with Crippen molar-refractivity contribution in [1.82, 2.24) is 9.78 Å². The largest absolute Gasteiger partial charge is 0.476 e. The minimum Gasteiger partial charge on any atom is -0.476 e. The van der Waals surface area contributed by atoms with E-state index in [1.54, 1.807) is 18.2 Å². The van der Waals surface area contributed by atoms with Crippen LogP contribution in [0.5, 0.6) is 17.2 Å². The Bertz CT molecular complexity index is 670. The molecule has 2 aromatic rings. The van der Waals surface area contributed by atoms with Gasteiger partial charge in [0, 0.05) is 12.3 Å². The average molecular weight is 297 g/mol. The fourth-order valence-electron chi connectivity index (χ4n) is 1.72. The third kappa shape index (κ3) is 2.35. The first-order valence-electron chi connectivity index (χ1n) is 5.62. The SMILES string of the molecule is O=C(O)c1nn(COc2ccc3c(c2)OCO3)cc1Cl. The van der Waals surface area contributed by atoms with Crippen molar-refractivity contribution in [3.8, 4) is 17.2 Å². The zero-order valence-electron chi connectivity index (χ0n) is 10.1. The molecule has 0 spiro atoms. The summed E-state index contributed by atoms with van der Waals surface area (Å²) in [5.41, 5.74) is -0.207. The maximum atomic E-state index is 10.8. The van der Waals surface area contributed by atoms with Crippen molar-refractivity contribution in [1.29, 1.82) is 0 Å². The summed E-state index contributed by atoms with van der Waals surface area (Å²) in [5, 5.41) is 12.7. The van der Waals surface area contributed by atoms with Gasteiger partial charge >= 0.3 is 5.97 Å². The number of aromatic carboxylic acids is 1. The van der Waals surface area contributed by atoms with Crippen molar-refractivity contribution in [2.24, 2.45) is 0 Å². The zero-order valence-corrected chi connectivity index (χ0v) is 10.8. The molecule has 1 aliphatic rings. The van der Waals surface area contributed by atoms with Crippen LogP contribution >= 0.6 is 11.6 Å². The predicted octanol–water partition coefficient (Wildman–Crippen LogP) is 2.00. The van der Waals surface area contributed by atoms with Gasteiger partial charge in [-0.15, -0.1) is 0 Å². The van der Waals surface area contributed by atoms with Crippen LogP contribution in [0.15, 0.2) is 24.4 Å². The Hall–Kier alpha value is -2.41. The van der Waals surface area contributed by atoms with Crippen LogP contribution < -0.4 is 14.2 Å². The molecule has 1 N–H and O–H groups in total. The number of carbonyl (C=O) groups is 1. The van der Waals surface area contributed by atoms with Crippen LogP contribution in [0, 0.1) is 0 Å². The standard InChI is InChI=1S/C12H9ClN2O5/c13-8-4-15(14-11(8)12(16)17)5-18-7-1-2-9-10(3-7)20-6-19-9/h1-4H,5-6H2,(H,16,17). The molecule has 1 aliphatic heterocycles. The molecule has 3 rings (SSSR count). The molecule has 0 fully saturated rings. The fourth-order valence-corrected chi connectivity index (χ4v) is 1.95. The molecule has 0 radical (unpaired) electrons. The molecule has 1 aromatic heterocycles. The molecule has 20 heavy (non-hydrogen) atoms. The molecule has 1 aromatic carbocycles. The molecule has 0 unspecified atom stereocenters. The molecule has 2 heterocycles. The molecule has 8 heteroatoms. The molecule has 0 saturated carbocycles. The van der Waals surface area contributed by atoms with Crippen LogP contribution in [0.3, 0.4) is 0 Å². The van der Waals surface area contributed by atoms with Gasteiger partial charge < -0.3 is 19.3 Å². The second-order valence-corrected chi connectivity index (χ2v) is 4.37. The maximum absolute atomic E-state index is 10.8. The van der Waals surface area contributed by atoms with E-state index in [1.807, 2.05) is 0 Å². The summed E-state index contributed by atoms with van der Waals surface area (Å²) in [5.74, 6) is 0.634. The Labute approximate surface area is 118 Å². The highest BCUT2D eigenvalue weighted by Gasteiger charge is 2.15. The third-order valence-corrected chi connectivity index (χ3v) is 2.90. The Morgan fingerprint density at radius 2 is 2.25 bits per heavy atom. The highest BCUT2D eigenvalue weighted by atomic mass is 35.5. The summed E-state index contributed by atoms with van der Waals surface area (Å²) < 4.78 is 17.2. The van der Waals surface area contributed by atoms with E-state index in [1.165, 1.54) is 10.9 Å². The topological polar surface area (TPSA) is 82.8 Å². The zero-order chi connectivity index (χ0) is 14.1. The van der Waals surface area contributed by atoms with E-state index in [0.29, 0.717) is 17.2 Å². The number of benzene rings is 1. The van der Waals surface area contributed by atoms with E-state index in [-0.39, 0.29) is 24.2 Å². The molecular formula is C12H9ClN2O5. The smallest absolute Gasteiger partial charge is 0.357 e. The predicted molar refractivity (Wildman–Crippen MR) is 67.4 cm³/mol. The van der Waals surface area contributed by atoms with E-state index in [9.17, 15) is 4.79 Å². The Balaban J connectivity index is 1.70. The monoisotopic (exact) mass is 296 g/mol. The van der Waals surface area contributed by atoms with Crippen molar-refractivity contribution in [2.45, 2.75) is 6.73 Å². The lowest BCUT2D eigenvalue weighted by molar-refractivity contribution is 0.0688. The lowest BCUT2D eigenvalue weighted by Gasteiger charge is -2.06. The summed E-state index contributed by atoms with van der Waals surface area (Å²) in [7, 11) is 0. The van der Waals surface area contributed by atoms with Gasteiger partial charge in [-0.1, -0.05) is 11.6 Å². The van der Waals surface area contributed by atoms with E-state index in [2.05, 4.69) is 5.10 Å². The van der Waals surface area contributed by atoms with E-state index in [0.717, 1.165) is 0 Å². The van der Waals surface area contributed by atoms with Crippen LogP contribution in [0.25, 0.3) is 0 Å².